The number of amides is 2. The Bertz CT molecular complexity index is 1460. The van der Waals surface area contributed by atoms with Crippen LogP contribution in [0, 0.1) is 0 Å². The second-order valence-electron chi connectivity index (χ2n) is 8.16. The first kappa shape index (κ1) is 26.6. The van der Waals surface area contributed by atoms with Crippen LogP contribution in [0.25, 0.3) is 21.6 Å². The number of aromatic nitrogens is 4. The largest absolute Gasteiger partial charge is 0.480 e. The molecule has 2 amide bonds. The standard InChI is InChI=1S/C25H23N9O5/c26-32-30-11-12-33(14-20(36)37)19(35)13-34-16-29-21-23(27-15-28-24(21)34)31-25(38)39-22(17-7-3-1-4-8-17)18-9-5-2-6-10-18/h1-10,15-16,22H,11-14H2,(H,36,37)(H,27,28,31,38). The van der Waals surface area contributed by atoms with Crippen LogP contribution in [0.3, 0.4) is 0 Å². The maximum atomic E-state index is 12.9. The number of azide groups is 1. The van der Waals surface area contributed by atoms with Crippen LogP contribution in [0.5, 0.6) is 0 Å². The van der Waals surface area contributed by atoms with Gasteiger partial charge in [0, 0.05) is 18.0 Å². The summed E-state index contributed by atoms with van der Waals surface area (Å²) in [5.41, 5.74) is 10.5. The average molecular weight is 530 g/mol. The van der Waals surface area contributed by atoms with Gasteiger partial charge in [-0.3, -0.25) is 14.9 Å². The maximum absolute atomic E-state index is 12.9. The molecule has 0 aliphatic rings. The number of aliphatic carboxylic acids is 1. The number of carboxylic acid groups (broad SMARTS) is 1. The summed E-state index contributed by atoms with van der Waals surface area (Å²) in [5, 5.41) is 15.1. The van der Waals surface area contributed by atoms with Crippen molar-refractivity contribution < 1.29 is 24.2 Å². The summed E-state index contributed by atoms with van der Waals surface area (Å²) in [5.74, 6) is -1.69. The van der Waals surface area contributed by atoms with E-state index in [-0.39, 0.29) is 36.6 Å². The van der Waals surface area contributed by atoms with Gasteiger partial charge in [0.05, 0.1) is 6.33 Å². The minimum absolute atomic E-state index is 0.0700. The molecule has 4 rings (SSSR count). The number of ether oxygens (including phenoxy) is 1. The van der Waals surface area contributed by atoms with Crippen LogP contribution in [0.4, 0.5) is 10.6 Å². The minimum Gasteiger partial charge on any atom is -0.480 e. The number of fused-ring (bicyclic) bond motifs is 1. The zero-order chi connectivity index (χ0) is 27.6. The molecule has 4 aromatic rings. The van der Waals surface area contributed by atoms with Gasteiger partial charge in [-0.1, -0.05) is 65.8 Å². The lowest BCUT2D eigenvalue weighted by Crippen LogP contribution is -2.39. The van der Waals surface area contributed by atoms with Crippen molar-refractivity contribution in [2.24, 2.45) is 5.11 Å². The molecular weight excluding hydrogens is 506 g/mol. The molecule has 0 atom stereocenters. The van der Waals surface area contributed by atoms with E-state index >= 15 is 0 Å². The third-order valence-corrected chi connectivity index (χ3v) is 5.57. The highest BCUT2D eigenvalue weighted by atomic mass is 16.6. The number of imidazole rings is 1. The predicted molar refractivity (Wildman–Crippen MR) is 138 cm³/mol. The molecule has 0 unspecified atom stereocenters. The molecule has 0 saturated heterocycles. The molecule has 0 saturated carbocycles. The fourth-order valence-corrected chi connectivity index (χ4v) is 3.82. The molecule has 0 bridgehead atoms. The number of anilines is 1. The maximum Gasteiger partial charge on any atom is 0.413 e. The van der Waals surface area contributed by atoms with Crippen molar-refractivity contribution in [2.75, 3.05) is 25.0 Å². The van der Waals surface area contributed by atoms with Gasteiger partial charge < -0.3 is 19.3 Å². The van der Waals surface area contributed by atoms with E-state index in [1.807, 2.05) is 60.7 Å². The summed E-state index contributed by atoms with van der Waals surface area (Å²) in [6.07, 6.45) is 1.08. The van der Waals surface area contributed by atoms with Gasteiger partial charge in [-0.25, -0.2) is 19.7 Å². The lowest BCUT2D eigenvalue weighted by Gasteiger charge is -2.20. The van der Waals surface area contributed by atoms with Crippen molar-refractivity contribution >= 4 is 35.0 Å². The fourth-order valence-electron chi connectivity index (χ4n) is 3.82. The second kappa shape index (κ2) is 12.7. The number of carbonyl (C=O) groups is 3. The van der Waals surface area contributed by atoms with Crippen LogP contribution in [0.1, 0.15) is 17.2 Å². The van der Waals surface area contributed by atoms with Crippen molar-refractivity contribution in [3.05, 3.63) is 94.9 Å². The van der Waals surface area contributed by atoms with Crippen LogP contribution < -0.4 is 5.32 Å². The third-order valence-electron chi connectivity index (χ3n) is 5.57. The van der Waals surface area contributed by atoms with Crippen LogP contribution >= 0.6 is 0 Å². The first-order chi connectivity index (χ1) is 19.0. The molecular formula is C25H23N9O5. The van der Waals surface area contributed by atoms with Gasteiger partial charge in [-0.15, -0.1) is 0 Å². The Balaban J connectivity index is 1.51. The van der Waals surface area contributed by atoms with Gasteiger partial charge in [0.25, 0.3) is 0 Å². The SMILES string of the molecule is [N-]=[N+]=NCCN(CC(=O)O)C(=O)Cn1cnc2c(NC(=O)OC(c3ccccc3)c3ccccc3)ncnc21. The molecule has 0 aliphatic heterocycles. The van der Waals surface area contributed by atoms with Crippen LogP contribution in [0.2, 0.25) is 0 Å². The van der Waals surface area contributed by atoms with Crippen LogP contribution in [-0.4, -0.2) is 67.1 Å². The van der Waals surface area contributed by atoms with E-state index in [1.54, 1.807) is 0 Å². The Labute approximate surface area is 221 Å². The number of rotatable bonds is 11. The number of benzene rings is 2. The average Bonchev–Trinajstić information content (AvgIpc) is 3.35. The van der Waals surface area contributed by atoms with Gasteiger partial charge in [0.2, 0.25) is 5.91 Å². The van der Waals surface area contributed by atoms with E-state index in [2.05, 4.69) is 30.3 Å². The van der Waals surface area contributed by atoms with Crippen molar-refractivity contribution in [1.82, 2.24) is 24.4 Å². The Morgan fingerprint density at radius 2 is 1.72 bits per heavy atom. The summed E-state index contributed by atoms with van der Waals surface area (Å²) in [6.45, 7) is -1.000. The highest BCUT2D eigenvalue weighted by Crippen LogP contribution is 2.27. The van der Waals surface area contributed by atoms with Gasteiger partial charge in [-0.2, -0.15) is 0 Å². The predicted octanol–water partition coefficient (Wildman–Crippen LogP) is 3.39. The number of nitrogens with one attached hydrogen (secondary N) is 1. The highest BCUT2D eigenvalue weighted by Gasteiger charge is 2.22. The Kier molecular flexibility index (Phi) is 8.62. The van der Waals surface area contributed by atoms with Gasteiger partial charge >= 0.3 is 12.1 Å². The molecule has 0 fully saturated rings. The van der Waals surface area contributed by atoms with Crippen molar-refractivity contribution in [3.63, 3.8) is 0 Å². The summed E-state index contributed by atoms with van der Waals surface area (Å²) in [7, 11) is 0. The first-order valence-corrected chi connectivity index (χ1v) is 11.7. The van der Waals surface area contributed by atoms with Crippen LogP contribution in [0.15, 0.2) is 78.4 Å². The van der Waals surface area contributed by atoms with E-state index in [0.717, 1.165) is 16.0 Å². The number of hydrogen-bond donors (Lipinski definition) is 2. The number of hydrogen-bond acceptors (Lipinski definition) is 8. The normalized spacial score (nSPS) is 10.6. The van der Waals surface area contributed by atoms with Crippen molar-refractivity contribution in [2.45, 2.75) is 12.6 Å². The summed E-state index contributed by atoms with van der Waals surface area (Å²) >= 11 is 0. The summed E-state index contributed by atoms with van der Waals surface area (Å²) < 4.78 is 7.16. The van der Waals surface area contributed by atoms with E-state index in [0.29, 0.717) is 0 Å². The highest BCUT2D eigenvalue weighted by molar-refractivity contribution is 5.94. The first-order valence-electron chi connectivity index (χ1n) is 11.7. The minimum atomic E-state index is -1.21. The molecule has 0 spiro atoms. The Hall–Kier alpha value is -5.49. The lowest BCUT2D eigenvalue weighted by molar-refractivity contribution is -0.144. The molecule has 14 heteroatoms. The van der Waals surface area contributed by atoms with Gasteiger partial charge in [-0.05, 0) is 16.7 Å². The summed E-state index contributed by atoms with van der Waals surface area (Å²) in [6, 6.07) is 18.5. The lowest BCUT2D eigenvalue weighted by atomic mass is 10.0. The molecule has 0 radical (unpaired) electrons. The second-order valence-corrected chi connectivity index (χ2v) is 8.16. The van der Waals surface area contributed by atoms with E-state index in [9.17, 15) is 14.4 Å². The monoisotopic (exact) mass is 529 g/mol. The van der Waals surface area contributed by atoms with Crippen molar-refractivity contribution in [3.8, 4) is 0 Å². The molecule has 2 heterocycles. The quantitative estimate of drug-likeness (QED) is 0.168. The molecule has 2 N–H and O–H groups in total. The van der Waals surface area contributed by atoms with E-state index in [1.165, 1.54) is 17.2 Å². The smallest absolute Gasteiger partial charge is 0.413 e. The molecule has 39 heavy (non-hydrogen) atoms. The fraction of sp³-hybridized carbons (Fsp3) is 0.200. The Morgan fingerprint density at radius 3 is 2.33 bits per heavy atom. The molecule has 2 aromatic carbocycles. The zero-order valence-electron chi connectivity index (χ0n) is 20.5. The third kappa shape index (κ3) is 6.84. The molecule has 0 aliphatic carbocycles. The topological polar surface area (TPSA) is 188 Å². The van der Waals surface area contributed by atoms with Gasteiger partial charge in [0.15, 0.2) is 23.1 Å². The van der Waals surface area contributed by atoms with E-state index < -0.39 is 30.6 Å². The van der Waals surface area contributed by atoms with E-state index in [4.69, 9.17) is 15.4 Å². The number of carboxylic acids is 1. The van der Waals surface area contributed by atoms with Gasteiger partial charge in [0.1, 0.15) is 19.4 Å². The molecule has 2 aromatic heterocycles. The van der Waals surface area contributed by atoms with Crippen LogP contribution in [-0.2, 0) is 20.9 Å². The number of nitrogens with zero attached hydrogens (tertiary/aromatic N) is 8. The Morgan fingerprint density at radius 1 is 1.05 bits per heavy atom. The molecule has 198 valence electrons. The summed E-state index contributed by atoms with van der Waals surface area (Å²) in [4.78, 5) is 53.0. The zero-order valence-corrected chi connectivity index (χ0v) is 20.5. The number of carbonyl (C=O) groups excluding carboxylic acids is 2. The van der Waals surface area contributed by atoms with Crippen molar-refractivity contribution in [1.29, 1.82) is 0 Å². The molecule has 14 nitrogen and oxygen atoms in total.